The van der Waals surface area contributed by atoms with Crippen LogP contribution in [0.25, 0.3) is 0 Å². The molecular formula is C20H19N3O3. The van der Waals surface area contributed by atoms with E-state index in [2.05, 4.69) is 22.6 Å². The van der Waals surface area contributed by atoms with Crippen molar-refractivity contribution in [1.82, 2.24) is 4.90 Å². The summed E-state index contributed by atoms with van der Waals surface area (Å²) in [7, 11) is 2.09. The summed E-state index contributed by atoms with van der Waals surface area (Å²) in [4.78, 5) is 28.3. The number of piperidine rings is 1. The second-order valence-electron chi connectivity index (χ2n) is 7.41. The van der Waals surface area contributed by atoms with Gasteiger partial charge in [0, 0.05) is 43.1 Å². The highest BCUT2D eigenvalue weighted by molar-refractivity contribution is 6.32. The van der Waals surface area contributed by atoms with E-state index in [4.69, 9.17) is 0 Å². The first-order chi connectivity index (χ1) is 12.5. The van der Waals surface area contributed by atoms with Gasteiger partial charge in [-0.05, 0) is 7.05 Å². The quantitative estimate of drug-likeness (QED) is 0.541. The molecule has 2 aromatic carbocycles. The number of aromatic hydroxyl groups is 1. The molecule has 6 nitrogen and oxygen atoms in total. The summed E-state index contributed by atoms with van der Waals surface area (Å²) in [6.45, 7) is 1.86. The van der Waals surface area contributed by atoms with Crippen molar-refractivity contribution in [2.24, 2.45) is 0 Å². The molecule has 0 bridgehead atoms. The Balaban J connectivity index is 1.66. The second kappa shape index (κ2) is 5.08. The molecule has 0 amide bonds. The van der Waals surface area contributed by atoms with Crippen LogP contribution in [0.2, 0.25) is 0 Å². The Bertz CT molecular complexity index is 975. The Morgan fingerprint density at radius 2 is 1.62 bits per heavy atom. The molecule has 6 heteroatoms. The van der Waals surface area contributed by atoms with E-state index in [-0.39, 0.29) is 34.1 Å². The highest BCUT2D eigenvalue weighted by Gasteiger charge is 2.44. The van der Waals surface area contributed by atoms with E-state index in [9.17, 15) is 14.7 Å². The first kappa shape index (κ1) is 15.4. The molecule has 0 atom stereocenters. The van der Waals surface area contributed by atoms with Gasteiger partial charge in [0.15, 0.2) is 11.6 Å². The SMILES string of the molecule is CN1CCC2(CC1)Nc1cc(O)c3c(c1N2)C(=O)c1ccccc1C3=O. The van der Waals surface area contributed by atoms with Crippen molar-refractivity contribution in [1.29, 1.82) is 0 Å². The third-order valence-electron chi connectivity index (χ3n) is 5.76. The largest absolute Gasteiger partial charge is 0.507 e. The molecule has 0 saturated carbocycles. The Morgan fingerprint density at radius 3 is 2.27 bits per heavy atom. The number of hydrogen-bond acceptors (Lipinski definition) is 6. The van der Waals surface area contributed by atoms with E-state index in [0.717, 1.165) is 25.9 Å². The van der Waals surface area contributed by atoms with Gasteiger partial charge in [0.1, 0.15) is 11.4 Å². The Kier molecular flexibility index (Phi) is 3.01. The normalized spacial score (nSPS) is 20.2. The van der Waals surface area contributed by atoms with Crippen LogP contribution in [0.1, 0.15) is 44.7 Å². The lowest BCUT2D eigenvalue weighted by molar-refractivity contribution is 0.0977. The van der Waals surface area contributed by atoms with Gasteiger partial charge in [-0.3, -0.25) is 9.59 Å². The van der Waals surface area contributed by atoms with E-state index >= 15 is 0 Å². The van der Waals surface area contributed by atoms with Gasteiger partial charge in [0.05, 0.1) is 22.5 Å². The molecule has 2 heterocycles. The number of phenolic OH excluding ortho intramolecular Hbond substituents is 1. The summed E-state index contributed by atoms with van der Waals surface area (Å²) in [6, 6.07) is 8.35. The van der Waals surface area contributed by atoms with Crippen molar-refractivity contribution in [2.45, 2.75) is 18.5 Å². The third-order valence-corrected chi connectivity index (χ3v) is 5.76. The molecule has 3 N–H and O–H groups in total. The topological polar surface area (TPSA) is 81.7 Å². The Morgan fingerprint density at radius 1 is 1.00 bits per heavy atom. The van der Waals surface area contributed by atoms with Gasteiger partial charge in [0.2, 0.25) is 0 Å². The van der Waals surface area contributed by atoms with Crippen LogP contribution in [0.3, 0.4) is 0 Å². The van der Waals surface area contributed by atoms with Crippen molar-refractivity contribution >= 4 is 22.9 Å². The molecule has 1 saturated heterocycles. The fraction of sp³-hybridized carbons (Fsp3) is 0.300. The van der Waals surface area contributed by atoms with Gasteiger partial charge in [0.25, 0.3) is 0 Å². The molecule has 2 aliphatic heterocycles. The summed E-state index contributed by atoms with van der Waals surface area (Å²) in [5, 5.41) is 17.5. The number of likely N-dealkylation sites (tertiary alicyclic amines) is 1. The molecule has 1 aliphatic carbocycles. The summed E-state index contributed by atoms with van der Waals surface area (Å²) in [5.41, 5.74) is 2.11. The average Bonchev–Trinajstić information content (AvgIpc) is 2.99. The number of nitrogens with zero attached hydrogens (tertiary/aromatic N) is 1. The number of fused-ring (bicyclic) bond motifs is 4. The van der Waals surface area contributed by atoms with Crippen molar-refractivity contribution in [2.75, 3.05) is 30.8 Å². The van der Waals surface area contributed by atoms with Crippen molar-refractivity contribution < 1.29 is 14.7 Å². The van der Waals surface area contributed by atoms with E-state index in [1.807, 2.05) is 0 Å². The maximum Gasteiger partial charge on any atom is 0.198 e. The predicted molar refractivity (Wildman–Crippen MR) is 98.1 cm³/mol. The number of anilines is 2. The number of nitrogens with one attached hydrogen (secondary N) is 2. The van der Waals surface area contributed by atoms with Crippen molar-refractivity contribution in [3.63, 3.8) is 0 Å². The first-order valence-corrected chi connectivity index (χ1v) is 8.82. The molecule has 0 unspecified atom stereocenters. The number of carbonyl (C=O) groups is 2. The number of ketones is 2. The average molecular weight is 349 g/mol. The molecule has 26 heavy (non-hydrogen) atoms. The monoisotopic (exact) mass is 349 g/mol. The van der Waals surface area contributed by atoms with Gasteiger partial charge in [-0.25, -0.2) is 0 Å². The molecule has 3 aliphatic rings. The predicted octanol–water partition coefficient (Wildman–Crippen LogP) is 2.43. The summed E-state index contributed by atoms with van der Waals surface area (Å²) in [5.74, 6) is -0.672. The summed E-state index contributed by atoms with van der Waals surface area (Å²) in [6.07, 6.45) is 1.73. The number of rotatable bonds is 0. The van der Waals surface area contributed by atoms with E-state index in [1.54, 1.807) is 30.3 Å². The zero-order valence-corrected chi connectivity index (χ0v) is 14.4. The maximum atomic E-state index is 13.1. The standard InChI is InChI=1S/C20H19N3O3/c1-23-8-6-20(7-9-23)21-13-10-14(24)15-16(17(13)22-20)19(26)12-5-3-2-4-11(12)18(15)25/h2-5,10,21-22,24H,6-9H2,1H3. The van der Waals surface area contributed by atoms with Crippen LogP contribution in [0.4, 0.5) is 11.4 Å². The van der Waals surface area contributed by atoms with Crippen LogP contribution in [0.5, 0.6) is 5.75 Å². The summed E-state index contributed by atoms with van der Waals surface area (Å²) < 4.78 is 0. The minimum absolute atomic E-state index is 0.103. The first-order valence-electron chi connectivity index (χ1n) is 8.82. The zero-order chi connectivity index (χ0) is 18.1. The molecular weight excluding hydrogens is 330 g/mol. The lowest BCUT2D eigenvalue weighted by atomic mass is 9.82. The number of carbonyl (C=O) groups excluding carboxylic acids is 2. The minimum atomic E-state index is -0.337. The van der Waals surface area contributed by atoms with Crippen molar-refractivity contribution in [3.05, 3.63) is 52.6 Å². The van der Waals surface area contributed by atoms with Crippen LogP contribution in [-0.4, -0.2) is 47.4 Å². The lowest BCUT2D eigenvalue weighted by Gasteiger charge is -2.38. The highest BCUT2D eigenvalue weighted by Crippen LogP contribution is 2.47. The molecule has 0 radical (unpaired) electrons. The van der Waals surface area contributed by atoms with E-state index in [0.29, 0.717) is 22.5 Å². The molecule has 0 aromatic heterocycles. The fourth-order valence-corrected chi connectivity index (χ4v) is 4.28. The number of phenols is 1. The van der Waals surface area contributed by atoms with Crippen LogP contribution in [0.15, 0.2) is 30.3 Å². The number of hydrogen-bond donors (Lipinski definition) is 3. The van der Waals surface area contributed by atoms with Gasteiger partial charge in [-0.1, -0.05) is 24.3 Å². The Hall–Kier alpha value is -2.86. The number of benzene rings is 2. The van der Waals surface area contributed by atoms with Crippen LogP contribution in [0, 0.1) is 0 Å². The smallest absolute Gasteiger partial charge is 0.198 e. The zero-order valence-electron chi connectivity index (χ0n) is 14.4. The van der Waals surface area contributed by atoms with Gasteiger partial charge in [-0.15, -0.1) is 0 Å². The molecule has 132 valence electrons. The van der Waals surface area contributed by atoms with Crippen LogP contribution in [-0.2, 0) is 0 Å². The molecule has 2 aromatic rings. The van der Waals surface area contributed by atoms with Crippen molar-refractivity contribution in [3.8, 4) is 5.75 Å². The van der Waals surface area contributed by atoms with Gasteiger partial charge < -0.3 is 20.6 Å². The highest BCUT2D eigenvalue weighted by atomic mass is 16.3. The van der Waals surface area contributed by atoms with E-state index < -0.39 is 0 Å². The molecule has 5 rings (SSSR count). The fourth-order valence-electron chi connectivity index (χ4n) is 4.28. The second-order valence-corrected chi connectivity index (χ2v) is 7.41. The minimum Gasteiger partial charge on any atom is -0.507 e. The molecule has 1 fully saturated rings. The van der Waals surface area contributed by atoms with Crippen LogP contribution < -0.4 is 10.6 Å². The van der Waals surface area contributed by atoms with Crippen LogP contribution >= 0.6 is 0 Å². The summed E-state index contributed by atoms with van der Waals surface area (Å²) >= 11 is 0. The lowest BCUT2D eigenvalue weighted by Crippen LogP contribution is -2.50. The maximum absolute atomic E-state index is 13.1. The van der Waals surface area contributed by atoms with Gasteiger partial charge in [-0.2, -0.15) is 0 Å². The molecule has 1 spiro atoms. The van der Waals surface area contributed by atoms with E-state index in [1.165, 1.54) is 0 Å². The Labute approximate surface area is 150 Å². The van der Waals surface area contributed by atoms with Gasteiger partial charge >= 0.3 is 0 Å². The third kappa shape index (κ3) is 1.96.